The van der Waals surface area contributed by atoms with Crippen molar-refractivity contribution in [2.45, 2.75) is 19.0 Å². The summed E-state index contributed by atoms with van der Waals surface area (Å²) in [4.78, 5) is 2.26. The number of likely N-dealkylation sites (N-methyl/N-ethyl adjacent to an activating group) is 1. The van der Waals surface area contributed by atoms with E-state index in [1.165, 1.54) is 0 Å². The van der Waals surface area contributed by atoms with Crippen molar-refractivity contribution >= 4 is 0 Å². The maximum Gasteiger partial charge on any atom is 0.160 e. The molecular weight excluding hydrogens is 218 g/mol. The maximum absolute atomic E-state index is 9.70. The number of hydrogen-bond acceptors (Lipinski definition) is 4. The lowest BCUT2D eigenvalue weighted by Gasteiger charge is -2.22. The lowest BCUT2D eigenvalue weighted by Crippen LogP contribution is -2.31. The van der Waals surface area contributed by atoms with Gasteiger partial charge in [0, 0.05) is 19.2 Å². The number of methoxy groups -OCH3 is 1. The van der Waals surface area contributed by atoms with Crippen molar-refractivity contribution in [3.8, 4) is 11.5 Å². The summed E-state index contributed by atoms with van der Waals surface area (Å²) >= 11 is 0. The Kier molecular flexibility index (Phi) is 3.86. The van der Waals surface area contributed by atoms with Crippen molar-refractivity contribution < 1.29 is 14.6 Å². The van der Waals surface area contributed by atoms with Crippen LogP contribution >= 0.6 is 0 Å². The highest BCUT2D eigenvalue weighted by atomic mass is 16.5. The largest absolute Gasteiger partial charge is 0.504 e. The van der Waals surface area contributed by atoms with Crippen LogP contribution in [-0.2, 0) is 11.3 Å². The fourth-order valence-corrected chi connectivity index (χ4v) is 2.12. The first-order chi connectivity index (χ1) is 8.20. The Bertz CT molecular complexity index is 375. The molecule has 1 unspecified atom stereocenters. The maximum atomic E-state index is 9.70. The van der Waals surface area contributed by atoms with Crippen molar-refractivity contribution in [3.05, 3.63) is 23.8 Å². The molecule has 1 atom stereocenters. The third kappa shape index (κ3) is 2.90. The summed E-state index contributed by atoms with van der Waals surface area (Å²) in [7, 11) is 3.64. The molecule has 0 spiro atoms. The quantitative estimate of drug-likeness (QED) is 0.864. The second kappa shape index (κ2) is 5.38. The summed E-state index contributed by atoms with van der Waals surface area (Å²) in [6.45, 7) is 2.47. The van der Waals surface area contributed by atoms with Crippen molar-refractivity contribution in [2.24, 2.45) is 0 Å². The topological polar surface area (TPSA) is 41.9 Å². The lowest BCUT2D eigenvalue weighted by atomic mass is 10.1. The number of phenols is 1. The molecule has 4 heteroatoms. The summed E-state index contributed by atoms with van der Waals surface area (Å²) in [5.74, 6) is 0.710. The average Bonchev–Trinajstić information content (AvgIpc) is 2.82. The SMILES string of the molecule is COc1ccc(CN(C)C2CCOC2)cc1O. The monoisotopic (exact) mass is 237 g/mol. The van der Waals surface area contributed by atoms with Crippen LogP contribution < -0.4 is 4.74 Å². The zero-order chi connectivity index (χ0) is 12.3. The van der Waals surface area contributed by atoms with E-state index in [1.54, 1.807) is 19.2 Å². The Labute approximate surface area is 102 Å². The van der Waals surface area contributed by atoms with Gasteiger partial charge in [-0.05, 0) is 31.2 Å². The van der Waals surface area contributed by atoms with Gasteiger partial charge in [0.1, 0.15) is 0 Å². The van der Waals surface area contributed by atoms with Crippen LogP contribution in [0.15, 0.2) is 18.2 Å². The number of aromatic hydroxyl groups is 1. The van der Waals surface area contributed by atoms with Crippen LogP contribution in [0.1, 0.15) is 12.0 Å². The smallest absolute Gasteiger partial charge is 0.160 e. The molecule has 0 aromatic heterocycles. The Morgan fingerprint density at radius 3 is 2.94 bits per heavy atom. The third-order valence-electron chi connectivity index (χ3n) is 3.20. The first-order valence-corrected chi connectivity index (χ1v) is 5.84. The van der Waals surface area contributed by atoms with Crippen molar-refractivity contribution in [2.75, 3.05) is 27.4 Å². The Morgan fingerprint density at radius 2 is 2.35 bits per heavy atom. The Balaban J connectivity index is 2.00. The Hall–Kier alpha value is -1.26. The van der Waals surface area contributed by atoms with Gasteiger partial charge >= 0.3 is 0 Å². The second-order valence-electron chi connectivity index (χ2n) is 4.44. The highest BCUT2D eigenvalue weighted by Gasteiger charge is 2.20. The minimum Gasteiger partial charge on any atom is -0.504 e. The van der Waals surface area contributed by atoms with Crippen molar-refractivity contribution in [1.82, 2.24) is 4.90 Å². The van der Waals surface area contributed by atoms with Crippen LogP contribution in [0.25, 0.3) is 0 Å². The lowest BCUT2D eigenvalue weighted by molar-refractivity contribution is 0.156. The normalized spacial score (nSPS) is 19.8. The predicted molar refractivity (Wildman–Crippen MR) is 65.3 cm³/mol. The molecule has 17 heavy (non-hydrogen) atoms. The molecule has 0 radical (unpaired) electrons. The third-order valence-corrected chi connectivity index (χ3v) is 3.20. The molecule has 1 N–H and O–H groups in total. The van der Waals surface area contributed by atoms with Crippen LogP contribution in [0.5, 0.6) is 11.5 Å². The van der Waals surface area contributed by atoms with Crippen molar-refractivity contribution in [1.29, 1.82) is 0 Å². The molecule has 0 aliphatic carbocycles. The van der Waals surface area contributed by atoms with E-state index in [9.17, 15) is 5.11 Å². The highest BCUT2D eigenvalue weighted by Crippen LogP contribution is 2.27. The van der Waals surface area contributed by atoms with Crippen molar-refractivity contribution in [3.63, 3.8) is 0 Å². The zero-order valence-corrected chi connectivity index (χ0v) is 10.3. The standard InChI is InChI=1S/C13H19NO3/c1-14(11-5-6-17-9-11)8-10-3-4-13(16-2)12(15)7-10/h3-4,7,11,15H,5-6,8-9H2,1-2H3. The molecule has 1 aliphatic rings. The van der Waals surface area contributed by atoms with Crippen LogP contribution in [-0.4, -0.2) is 43.4 Å². The molecule has 0 saturated carbocycles. The first kappa shape index (κ1) is 12.2. The summed E-state index contributed by atoms with van der Waals surface area (Å²) in [5, 5.41) is 9.70. The van der Waals surface area contributed by atoms with E-state index in [2.05, 4.69) is 11.9 Å². The van der Waals surface area contributed by atoms with Gasteiger partial charge in [0.15, 0.2) is 11.5 Å². The molecule has 1 heterocycles. The number of phenolic OH excluding ortho intramolecular Hbond substituents is 1. The highest BCUT2D eigenvalue weighted by molar-refractivity contribution is 5.41. The molecule has 94 valence electrons. The van der Waals surface area contributed by atoms with E-state index in [4.69, 9.17) is 9.47 Å². The van der Waals surface area contributed by atoms with Crippen LogP contribution in [0.4, 0.5) is 0 Å². The van der Waals surface area contributed by atoms with Crippen LogP contribution in [0.2, 0.25) is 0 Å². The molecule has 0 bridgehead atoms. The number of nitrogens with zero attached hydrogens (tertiary/aromatic N) is 1. The zero-order valence-electron chi connectivity index (χ0n) is 10.3. The second-order valence-corrected chi connectivity index (χ2v) is 4.44. The van der Waals surface area contributed by atoms with Gasteiger partial charge in [-0.25, -0.2) is 0 Å². The van der Waals surface area contributed by atoms with E-state index in [0.29, 0.717) is 11.8 Å². The van der Waals surface area contributed by atoms with E-state index < -0.39 is 0 Å². The molecule has 2 rings (SSSR count). The molecule has 0 amide bonds. The molecule has 1 aromatic rings. The number of ether oxygens (including phenoxy) is 2. The van der Waals surface area contributed by atoms with Gasteiger partial charge < -0.3 is 14.6 Å². The van der Waals surface area contributed by atoms with E-state index in [1.807, 2.05) is 6.07 Å². The Morgan fingerprint density at radius 1 is 1.53 bits per heavy atom. The van der Waals surface area contributed by atoms with Gasteiger partial charge in [0.05, 0.1) is 13.7 Å². The number of hydrogen-bond donors (Lipinski definition) is 1. The van der Waals surface area contributed by atoms with Gasteiger partial charge in [-0.2, -0.15) is 0 Å². The van der Waals surface area contributed by atoms with Crippen LogP contribution in [0.3, 0.4) is 0 Å². The molecule has 1 fully saturated rings. The van der Waals surface area contributed by atoms with Gasteiger partial charge in [0.25, 0.3) is 0 Å². The fourth-order valence-electron chi connectivity index (χ4n) is 2.12. The minimum absolute atomic E-state index is 0.195. The molecular formula is C13H19NO3. The van der Waals surface area contributed by atoms with E-state index in [-0.39, 0.29) is 5.75 Å². The summed E-state index contributed by atoms with van der Waals surface area (Å²) < 4.78 is 10.4. The molecule has 1 saturated heterocycles. The summed E-state index contributed by atoms with van der Waals surface area (Å²) in [6.07, 6.45) is 1.08. The number of benzene rings is 1. The molecule has 1 aromatic carbocycles. The van der Waals surface area contributed by atoms with Gasteiger partial charge in [-0.1, -0.05) is 6.07 Å². The number of rotatable bonds is 4. The first-order valence-electron chi connectivity index (χ1n) is 5.84. The van der Waals surface area contributed by atoms with Crippen LogP contribution in [0, 0.1) is 0 Å². The predicted octanol–water partition coefficient (Wildman–Crippen LogP) is 1.62. The molecule has 4 nitrogen and oxygen atoms in total. The summed E-state index contributed by atoms with van der Waals surface area (Å²) in [6, 6.07) is 6.01. The van der Waals surface area contributed by atoms with Gasteiger partial charge in [-0.15, -0.1) is 0 Å². The minimum atomic E-state index is 0.195. The van der Waals surface area contributed by atoms with Gasteiger partial charge in [-0.3, -0.25) is 4.90 Å². The average molecular weight is 237 g/mol. The summed E-state index contributed by atoms with van der Waals surface area (Å²) in [5.41, 5.74) is 1.08. The van der Waals surface area contributed by atoms with Gasteiger partial charge in [0.2, 0.25) is 0 Å². The molecule has 1 aliphatic heterocycles. The fraction of sp³-hybridized carbons (Fsp3) is 0.538. The van der Waals surface area contributed by atoms with E-state index >= 15 is 0 Å². The van der Waals surface area contributed by atoms with E-state index in [0.717, 1.165) is 31.7 Å².